The van der Waals surface area contributed by atoms with Crippen LogP contribution >= 0.6 is 0 Å². The van der Waals surface area contributed by atoms with Gasteiger partial charge in [-0.3, -0.25) is 10.2 Å². The number of halogens is 7. The molecule has 0 unspecified atom stereocenters. The van der Waals surface area contributed by atoms with Crippen LogP contribution in [0.25, 0.3) is 5.65 Å². The predicted molar refractivity (Wildman–Crippen MR) is 129 cm³/mol. The summed E-state index contributed by atoms with van der Waals surface area (Å²) in [6.45, 7) is -0.465. The van der Waals surface area contributed by atoms with Gasteiger partial charge in [0.05, 0.1) is 36.9 Å². The number of imidazole rings is 1. The van der Waals surface area contributed by atoms with E-state index in [0.717, 1.165) is 4.90 Å². The topological polar surface area (TPSA) is 136 Å². The van der Waals surface area contributed by atoms with Crippen molar-refractivity contribution in [3.05, 3.63) is 41.6 Å². The molecule has 1 aliphatic carbocycles. The SMILES string of the molecule is CC(F)(F)C(=N)/C(=C\O)C(=O)N[C@H](c1cn2ncc(CN3C[C@@H](C(F)(F)F)NC3=O)cc2n1)C1CCC(F)(F)CC1. The Morgan fingerprint density at radius 2 is 1.95 bits per heavy atom. The minimum Gasteiger partial charge on any atom is -0.515 e. The predicted octanol–water partition coefficient (Wildman–Crippen LogP) is 4.29. The van der Waals surface area contributed by atoms with E-state index in [2.05, 4.69) is 15.4 Å². The minimum absolute atomic E-state index is 0.0610. The van der Waals surface area contributed by atoms with E-state index in [-0.39, 0.29) is 37.0 Å². The molecule has 2 aromatic heterocycles. The van der Waals surface area contributed by atoms with Gasteiger partial charge in [0.15, 0.2) is 5.65 Å². The Labute approximate surface area is 228 Å². The average molecular weight is 594 g/mol. The summed E-state index contributed by atoms with van der Waals surface area (Å²) in [5.41, 5.74) is -1.88. The van der Waals surface area contributed by atoms with Gasteiger partial charge in [-0.25, -0.2) is 23.1 Å². The van der Waals surface area contributed by atoms with Crippen molar-refractivity contribution in [3.8, 4) is 0 Å². The van der Waals surface area contributed by atoms with Gasteiger partial charge in [-0.1, -0.05) is 0 Å². The largest absolute Gasteiger partial charge is 0.515 e. The van der Waals surface area contributed by atoms with Gasteiger partial charge in [0.25, 0.3) is 11.8 Å². The van der Waals surface area contributed by atoms with Gasteiger partial charge in [-0.2, -0.15) is 27.1 Å². The Balaban J connectivity index is 1.60. The van der Waals surface area contributed by atoms with Gasteiger partial charge in [-0.05, 0) is 30.4 Å². The summed E-state index contributed by atoms with van der Waals surface area (Å²) >= 11 is 0. The van der Waals surface area contributed by atoms with Crippen LogP contribution in [0.2, 0.25) is 0 Å². The van der Waals surface area contributed by atoms with E-state index in [4.69, 9.17) is 5.41 Å². The molecule has 0 aromatic carbocycles. The quantitative estimate of drug-likeness (QED) is 0.157. The molecule has 0 spiro atoms. The minimum atomic E-state index is -4.62. The zero-order valence-corrected chi connectivity index (χ0v) is 21.5. The normalized spacial score (nSPS) is 21.2. The number of aliphatic hydroxyl groups is 1. The van der Waals surface area contributed by atoms with Crippen LogP contribution < -0.4 is 10.6 Å². The fraction of sp³-hybridized carbons (Fsp3) is 0.542. The van der Waals surface area contributed by atoms with Gasteiger partial charge >= 0.3 is 12.2 Å². The van der Waals surface area contributed by atoms with Gasteiger partial charge in [0.2, 0.25) is 5.92 Å². The smallest absolute Gasteiger partial charge is 0.410 e. The van der Waals surface area contributed by atoms with E-state index >= 15 is 0 Å². The molecule has 3 amide bonds. The summed E-state index contributed by atoms with van der Waals surface area (Å²) in [6, 6.07) is -2.60. The molecule has 10 nitrogen and oxygen atoms in total. The van der Waals surface area contributed by atoms with Crippen molar-refractivity contribution in [3.63, 3.8) is 0 Å². The standard InChI is InChI=1S/C24H26F7N7O3/c1-22(25,26)19(32)14(11-39)20(40)36-18(13-2-4-23(27,28)5-3-13)15-9-38-17(34-15)6-12(7-33-38)8-37-10-16(24(29,30)31)35-21(37)41/h6-7,9,11,13,16,18,32,39H,2-5,8,10H2,1H3,(H,35,41)(H,36,40)/b14-11+,32-19?/t16-,18-/m0/s1. The number of carbonyl (C=O) groups excluding carboxylic acids is 2. The summed E-state index contributed by atoms with van der Waals surface area (Å²) in [6.07, 6.45) is -3.02. The van der Waals surface area contributed by atoms with E-state index in [1.165, 1.54) is 23.0 Å². The maximum Gasteiger partial charge on any atom is 0.410 e. The Hall–Kier alpha value is -3.92. The van der Waals surface area contributed by atoms with Crippen molar-refractivity contribution in [2.24, 2.45) is 5.92 Å². The number of hydrogen-bond donors (Lipinski definition) is 4. The number of hydrogen-bond acceptors (Lipinski definition) is 6. The van der Waals surface area contributed by atoms with Crippen LogP contribution in [-0.2, 0) is 11.3 Å². The van der Waals surface area contributed by atoms with Crippen LogP contribution in [0.5, 0.6) is 0 Å². The first-order chi connectivity index (χ1) is 19.0. The molecule has 2 aliphatic rings. The number of aromatic nitrogens is 3. The van der Waals surface area contributed by atoms with Crippen molar-refractivity contribution in [2.45, 2.75) is 69.3 Å². The van der Waals surface area contributed by atoms with Crippen LogP contribution in [0, 0.1) is 11.3 Å². The molecule has 2 aromatic rings. The van der Waals surface area contributed by atoms with Crippen LogP contribution in [0.3, 0.4) is 0 Å². The van der Waals surface area contributed by atoms with Crippen molar-refractivity contribution >= 4 is 23.3 Å². The third kappa shape index (κ3) is 6.70. The van der Waals surface area contributed by atoms with Crippen LogP contribution in [0.15, 0.2) is 30.3 Å². The van der Waals surface area contributed by atoms with Crippen molar-refractivity contribution < 1.29 is 45.4 Å². The second-order valence-corrected chi connectivity index (χ2v) is 10.2. The number of fused-ring (bicyclic) bond motifs is 1. The lowest BCUT2D eigenvalue weighted by Gasteiger charge is -2.33. The molecule has 1 saturated heterocycles. The number of aliphatic hydroxyl groups excluding tert-OH is 1. The fourth-order valence-electron chi connectivity index (χ4n) is 4.82. The molecule has 1 saturated carbocycles. The monoisotopic (exact) mass is 593 g/mol. The molecule has 224 valence electrons. The number of amides is 3. The Morgan fingerprint density at radius 1 is 1.29 bits per heavy atom. The van der Waals surface area contributed by atoms with E-state index in [1.54, 1.807) is 0 Å². The number of nitrogens with zero attached hydrogens (tertiary/aromatic N) is 4. The van der Waals surface area contributed by atoms with Crippen LogP contribution in [0.4, 0.5) is 35.5 Å². The summed E-state index contributed by atoms with van der Waals surface area (Å²) in [5.74, 6) is -8.54. The second kappa shape index (κ2) is 10.8. The molecular formula is C24H26F7N7O3. The van der Waals surface area contributed by atoms with Gasteiger partial charge in [0, 0.05) is 26.3 Å². The third-order valence-corrected chi connectivity index (χ3v) is 7.07. The highest BCUT2D eigenvalue weighted by molar-refractivity contribution is 6.22. The molecule has 2 atom stereocenters. The maximum absolute atomic E-state index is 13.9. The second-order valence-electron chi connectivity index (χ2n) is 10.2. The molecule has 3 heterocycles. The number of alkyl halides is 7. The summed E-state index contributed by atoms with van der Waals surface area (Å²) < 4.78 is 95.3. The number of nitrogens with one attached hydrogen (secondary N) is 3. The Morgan fingerprint density at radius 3 is 2.51 bits per heavy atom. The third-order valence-electron chi connectivity index (χ3n) is 7.07. The lowest BCUT2D eigenvalue weighted by atomic mass is 9.81. The number of carbonyl (C=O) groups is 2. The van der Waals surface area contributed by atoms with E-state index in [9.17, 15) is 45.4 Å². The zero-order chi connectivity index (χ0) is 30.3. The molecular weight excluding hydrogens is 567 g/mol. The van der Waals surface area contributed by atoms with E-state index < -0.39 is 78.6 Å². The molecule has 4 N–H and O–H groups in total. The molecule has 2 fully saturated rings. The van der Waals surface area contributed by atoms with E-state index in [0.29, 0.717) is 12.5 Å². The lowest BCUT2D eigenvalue weighted by molar-refractivity contribution is -0.149. The first-order valence-corrected chi connectivity index (χ1v) is 12.4. The Bertz CT molecular complexity index is 1360. The summed E-state index contributed by atoms with van der Waals surface area (Å²) in [4.78, 5) is 30.2. The van der Waals surface area contributed by atoms with Crippen molar-refractivity contribution in [2.75, 3.05) is 6.54 Å². The van der Waals surface area contributed by atoms with Crippen molar-refractivity contribution in [1.82, 2.24) is 30.1 Å². The highest BCUT2D eigenvalue weighted by atomic mass is 19.4. The van der Waals surface area contributed by atoms with Crippen LogP contribution in [-0.4, -0.2) is 72.9 Å². The van der Waals surface area contributed by atoms with E-state index in [1.807, 2.05) is 5.32 Å². The molecule has 17 heteroatoms. The molecule has 4 rings (SSSR count). The van der Waals surface area contributed by atoms with Crippen LogP contribution in [0.1, 0.15) is 49.9 Å². The fourth-order valence-corrected chi connectivity index (χ4v) is 4.82. The maximum atomic E-state index is 13.9. The molecule has 41 heavy (non-hydrogen) atoms. The summed E-state index contributed by atoms with van der Waals surface area (Å²) in [7, 11) is 0. The first-order valence-electron chi connectivity index (χ1n) is 12.4. The average Bonchev–Trinajstić information content (AvgIpc) is 3.45. The van der Waals surface area contributed by atoms with Crippen molar-refractivity contribution in [1.29, 1.82) is 5.41 Å². The lowest BCUT2D eigenvalue weighted by Crippen LogP contribution is -2.41. The number of urea groups is 1. The molecule has 0 bridgehead atoms. The highest BCUT2D eigenvalue weighted by Gasteiger charge is 2.47. The van der Waals surface area contributed by atoms with Gasteiger partial charge in [-0.15, -0.1) is 0 Å². The van der Waals surface area contributed by atoms with Gasteiger partial charge < -0.3 is 20.6 Å². The molecule has 0 radical (unpaired) electrons. The highest BCUT2D eigenvalue weighted by Crippen LogP contribution is 2.41. The Kier molecular flexibility index (Phi) is 7.92. The number of rotatable bonds is 8. The molecule has 1 aliphatic heterocycles. The van der Waals surface area contributed by atoms with Gasteiger partial charge in [0.1, 0.15) is 17.3 Å². The summed E-state index contributed by atoms with van der Waals surface area (Å²) in [5, 5.41) is 25.4. The first kappa shape index (κ1) is 30.0. The zero-order valence-electron chi connectivity index (χ0n) is 21.5.